The Hall–Kier alpha value is -0.870. The minimum atomic E-state index is -2.98. The van der Waals surface area contributed by atoms with Gasteiger partial charge in [0.25, 0.3) is 0 Å². The van der Waals surface area contributed by atoms with E-state index in [9.17, 15) is 8.42 Å². The van der Waals surface area contributed by atoms with E-state index < -0.39 is 9.84 Å². The van der Waals surface area contributed by atoms with Crippen LogP contribution in [0.4, 0.5) is 0 Å². The molecule has 0 saturated heterocycles. The van der Waals surface area contributed by atoms with Crippen molar-refractivity contribution in [2.75, 3.05) is 18.6 Å². The first-order valence-electron chi connectivity index (χ1n) is 7.00. The number of benzene rings is 1. The van der Waals surface area contributed by atoms with E-state index in [-0.39, 0.29) is 11.8 Å². The molecule has 1 aromatic rings. The summed E-state index contributed by atoms with van der Waals surface area (Å²) in [6, 6.07) is 8.33. The van der Waals surface area contributed by atoms with E-state index >= 15 is 0 Å². The molecule has 4 heteroatoms. The molecule has 0 amide bonds. The predicted octanol–water partition coefficient (Wildman–Crippen LogP) is 2.65. The molecular weight excluding hydrogens is 258 g/mol. The second-order valence-electron chi connectivity index (χ2n) is 5.50. The second kappa shape index (κ2) is 6.06. The highest BCUT2D eigenvalue weighted by Gasteiger charge is 2.21. The van der Waals surface area contributed by atoms with E-state index in [0.29, 0.717) is 5.92 Å². The van der Waals surface area contributed by atoms with Gasteiger partial charge in [-0.2, -0.15) is 0 Å². The smallest absolute Gasteiger partial charge is 0.149 e. The second-order valence-corrected chi connectivity index (χ2v) is 7.69. The van der Waals surface area contributed by atoms with Gasteiger partial charge < -0.3 is 5.32 Å². The molecule has 19 heavy (non-hydrogen) atoms. The van der Waals surface area contributed by atoms with Crippen LogP contribution in [-0.4, -0.2) is 27.0 Å². The number of rotatable bonds is 6. The van der Waals surface area contributed by atoms with E-state index in [4.69, 9.17) is 0 Å². The van der Waals surface area contributed by atoms with Crippen LogP contribution in [0.1, 0.15) is 49.3 Å². The molecule has 0 aliphatic heterocycles. The van der Waals surface area contributed by atoms with Crippen LogP contribution in [0.3, 0.4) is 0 Å². The molecule has 1 unspecified atom stereocenters. The Balaban J connectivity index is 2.20. The van der Waals surface area contributed by atoms with Crippen molar-refractivity contribution in [2.45, 2.75) is 38.1 Å². The third-order valence-electron chi connectivity index (χ3n) is 3.81. The fourth-order valence-corrected chi connectivity index (χ4v) is 3.51. The molecular formula is C15H23NO2S. The van der Waals surface area contributed by atoms with Gasteiger partial charge in [-0.05, 0) is 36.4 Å². The summed E-state index contributed by atoms with van der Waals surface area (Å²) in [5.74, 6) is 0.843. The zero-order chi connectivity index (χ0) is 13.9. The van der Waals surface area contributed by atoms with Crippen LogP contribution in [0, 0.1) is 0 Å². The summed E-state index contributed by atoms with van der Waals surface area (Å²) in [5.41, 5.74) is 2.46. The number of sulfone groups is 1. The molecule has 0 heterocycles. The van der Waals surface area contributed by atoms with Crippen LogP contribution in [0.2, 0.25) is 0 Å². The van der Waals surface area contributed by atoms with Gasteiger partial charge in [-0.25, -0.2) is 8.42 Å². The lowest BCUT2D eigenvalue weighted by atomic mass is 9.79. The van der Waals surface area contributed by atoms with Crippen LogP contribution < -0.4 is 5.32 Å². The topological polar surface area (TPSA) is 46.2 Å². The number of hydrogen-bond acceptors (Lipinski definition) is 3. The van der Waals surface area contributed by atoms with Crippen LogP contribution in [-0.2, 0) is 9.84 Å². The average Bonchev–Trinajstić information content (AvgIpc) is 2.25. The average molecular weight is 281 g/mol. The highest BCUT2D eigenvalue weighted by atomic mass is 32.2. The zero-order valence-electron chi connectivity index (χ0n) is 11.7. The van der Waals surface area contributed by atoms with Crippen LogP contribution in [0.25, 0.3) is 0 Å². The molecule has 2 rings (SSSR count). The van der Waals surface area contributed by atoms with Gasteiger partial charge in [0.1, 0.15) is 9.84 Å². The standard InChI is InChI=1S/C15H23NO2S/c1-3-16-15(11-19(2,17)18)14-9-5-8-13(10-14)12-6-4-7-12/h5,8-10,12,15-16H,3-4,6-7,11H2,1-2H3. The highest BCUT2D eigenvalue weighted by Crippen LogP contribution is 2.37. The number of nitrogens with one attached hydrogen (secondary N) is 1. The summed E-state index contributed by atoms with van der Waals surface area (Å²) in [6.07, 6.45) is 5.14. The van der Waals surface area contributed by atoms with E-state index in [1.54, 1.807) is 0 Å². The fourth-order valence-electron chi connectivity index (χ4n) is 2.59. The van der Waals surface area contributed by atoms with Crippen molar-refractivity contribution in [1.82, 2.24) is 5.32 Å². The first kappa shape index (κ1) is 14.5. The molecule has 3 nitrogen and oxygen atoms in total. The van der Waals surface area contributed by atoms with E-state index in [1.807, 2.05) is 13.0 Å². The molecule has 106 valence electrons. The Morgan fingerprint density at radius 2 is 2.11 bits per heavy atom. The van der Waals surface area contributed by atoms with Crippen molar-refractivity contribution in [3.05, 3.63) is 35.4 Å². The normalized spacial score (nSPS) is 18.0. The summed E-state index contributed by atoms with van der Waals surface area (Å²) in [6.45, 7) is 2.78. The predicted molar refractivity (Wildman–Crippen MR) is 79.2 cm³/mol. The van der Waals surface area contributed by atoms with Crippen LogP contribution >= 0.6 is 0 Å². The fraction of sp³-hybridized carbons (Fsp3) is 0.600. The Morgan fingerprint density at radius 3 is 2.63 bits per heavy atom. The van der Waals surface area contributed by atoms with Crippen molar-refractivity contribution in [3.63, 3.8) is 0 Å². The first-order chi connectivity index (χ1) is 8.99. The zero-order valence-corrected chi connectivity index (χ0v) is 12.5. The molecule has 0 spiro atoms. The van der Waals surface area contributed by atoms with Gasteiger partial charge in [0.15, 0.2) is 0 Å². The van der Waals surface area contributed by atoms with Gasteiger partial charge in [-0.15, -0.1) is 0 Å². The van der Waals surface area contributed by atoms with Gasteiger partial charge in [-0.1, -0.05) is 37.6 Å². The Kier molecular flexibility index (Phi) is 4.63. The molecule has 0 bridgehead atoms. The van der Waals surface area contributed by atoms with Crippen molar-refractivity contribution in [3.8, 4) is 0 Å². The van der Waals surface area contributed by atoms with Crippen molar-refractivity contribution in [2.24, 2.45) is 0 Å². The third kappa shape index (κ3) is 4.05. The lowest BCUT2D eigenvalue weighted by Crippen LogP contribution is -2.27. The third-order valence-corrected chi connectivity index (χ3v) is 4.75. The van der Waals surface area contributed by atoms with E-state index in [1.165, 1.54) is 31.1 Å². The maximum absolute atomic E-state index is 11.5. The van der Waals surface area contributed by atoms with Gasteiger partial charge in [0, 0.05) is 12.3 Å². The molecule has 1 aliphatic rings. The first-order valence-corrected chi connectivity index (χ1v) is 9.06. The van der Waals surface area contributed by atoms with Crippen molar-refractivity contribution >= 4 is 9.84 Å². The lowest BCUT2D eigenvalue weighted by Gasteiger charge is -2.27. The van der Waals surface area contributed by atoms with Crippen molar-refractivity contribution < 1.29 is 8.42 Å². The van der Waals surface area contributed by atoms with E-state index in [2.05, 4.69) is 23.5 Å². The molecule has 1 aromatic carbocycles. The van der Waals surface area contributed by atoms with Crippen molar-refractivity contribution in [1.29, 1.82) is 0 Å². The summed E-state index contributed by atoms with van der Waals surface area (Å²) in [7, 11) is -2.98. The summed E-state index contributed by atoms with van der Waals surface area (Å²) >= 11 is 0. The Bertz CT molecular complexity index is 521. The molecule has 1 atom stereocenters. The molecule has 1 N–H and O–H groups in total. The monoisotopic (exact) mass is 281 g/mol. The maximum atomic E-state index is 11.5. The van der Waals surface area contributed by atoms with Gasteiger partial charge >= 0.3 is 0 Å². The van der Waals surface area contributed by atoms with Gasteiger partial charge in [0.2, 0.25) is 0 Å². The summed E-state index contributed by atoms with van der Waals surface area (Å²) in [5, 5.41) is 3.28. The Labute approximate surface area is 116 Å². The molecule has 0 radical (unpaired) electrons. The molecule has 0 aromatic heterocycles. The quantitative estimate of drug-likeness (QED) is 0.872. The largest absolute Gasteiger partial charge is 0.309 e. The van der Waals surface area contributed by atoms with Crippen LogP contribution in [0.15, 0.2) is 24.3 Å². The number of hydrogen-bond donors (Lipinski definition) is 1. The van der Waals surface area contributed by atoms with Gasteiger partial charge in [0.05, 0.1) is 5.75 Å². The SMILES string of the molecule is CCNC(CS(C)(=O)=O)c1cccc(C2CCC2)c1. The molecule has 1 aliphatic carbocycles. The van der Waals surface area contributed by atoms with Crippen LogP contribution in [0.5, 0.6) is 0 Å². The molecule has 1 fully saturated rings. The highest BCUT2D eigenvalue weighted by molar-refractivity contribution is 7.90. The summed E-state index contributed by atoms with van der Waals surface area (Å²) in [4.78, 5) is 0. The lowest BCUT2D eigenvalue weighted by molar-refractivity contribution is 0.419. The summed E-state index contributed by atoms with van der Waals surface area (Å²) < 4.78 is 23.1. The van der Waals surface area contributed by atoms with Gasteiger partial charge in [-0.3, -0.25) is 0 Å². The minimum Gasteiger partial charge on any atom is -0.309 e. The van der Waals surface area contributed by atoms with E-state index in [0.717, 1.165) is 12.1 Å². The minimum absolute atomic E-state index is 0.0972. The Morgan fingerprint density at radius 1 is 1.37 bits per heavy atom. The maximum Gasteiger partial charge on any atom is 0.149 e. The molecule has 1 saturated carbocycles.